The number of thiophene rings is 1. The van der Waals surface area contributed by atoms with Crippen LogP contribution in [0.1, 0.15) is 27.3 Å². The third kappa shape index (κ3) is 3.29. The van der Waals surface area contributed by atoms with Crippen molar-refractivity contribution >= 4 is 40.0 Å². The van der Waals surface area contributed by atoms with Crippen molar-refractivity contribution in [3.63, 3.8) is 0 Å². The molecule has 25 heavy (non-hydrogen) atoms. The number of carbonyl (C=O) groups is 3. The highest BCUT2D eigenvalue weighted by Crippen LogP contribution is 2.32. The van der Waals surface area contributed by atoms with E-state index in [0.29, 0.717) is 29.3 Å². The summed E-state index contributed by atoms with van der Waals surface area (Å²) in [4.78, 5) is 44.4. The molecule has 0 aliphatic carbocycles. The molecule has 3 heterocycles. The van der Waals surface area contributed by atoms with E-state index in [1.807, 2.05) is 0 Å². The molecule has 3 rings (SSSR count). The number of esters is 1. The maximum absolute atomic E-state index is 12.6. The van der Waals surface area contributed by atoms with Crippen LogP contribution in [0, 0.1) is 0 Å². The topological polar surface area (TPSA) is 122 Å². The molecule has 0 bridgehead atoms. The molecule has 1 aliphatic heterocycles. The van der Waals surface area contributed by atoms with E-state index in [4.69, 9.17) is 9.84 Å². The highest BCUT2D eigenvalue weighted by molar-refractivity contribution is 7.14. The normalized spacial score (nSPS) is 16.8. The number of aromatic carboxylic acids is 1. The number of ether oxygens (including phenoxy) is 1. The fourth-order valence-electron chi connectivity index (χ4n) is 2.48. The molecule has 2 aromatic rings. The van der Waals surface area contributed by atoms with Crippen LogP contribution in [0.3, 0.4) is 0 Å². The Morgan fingerprint density at radius 2 is 2.20 bits per heavy atom. The van der Waals surface area contributed by atoms with E-state index in [1.165, 1.54) is 29.5 Å². The monoisotopic (exact) mass is 362 g/mol. The molecule has 1 amide bonds. The molecule has 1 atom stereocenters. The van der Waals surface area contributed by atoms with Crippen LogP contribution >= 0.6 is 11.3 Å². The zero-order chi connectivity index (χ0) is 18.0. The van der Waals surface area contributed by atoms with Gasteiger partial charge in [-0.3, -0.25) is 4.79 Å². The summed E-state index contributed by atoms with van der Waals surface area (Å²) in [7, 11) is 1.29. The van der Waals surface area contributed by atoms with Gasteiger partial charge in [-0.25, -0.2) is 19.6 Å². The van der Waals surface area contributed by atoms with Crippen molar-refractivity contribution in [2.75, 3.05) is 23.9 Å². The van der Waals surface area contributed by atoms with Crippen LogP contribution in [0.4, 0.5) is 10.8 Å². The molecule has 0 radical (unpaired) electrons. The maximum atomic E-state index is 12.6. The van der Waals surface area contributed by atoms with Crippen molar-refractivity contribution in [1.29, 1.82) is 0 Å². The molecule has 2 aromatic heterocycles. The number of anilines is 2. The van der Waals surface area contributed by atoms with Crippen molar-refractivity contribution < 1.29 is 24.2 Å². The summed E-state index contributed by atoms with van der Waals surface area (Å²) in [5, 5.41) is 14.0. The predicted molar refractivity (Wildman–Crippen MR) is 89.0 cm³/mol. The number of amides is 1. The number of hydrogen-bond donors (Lipinski definition) is 2. The van der Waals surface area contributed by atoms with Crippen LogP contribution in [0.25, 0.3) is 0 Å². The summed E-state index contributed by atoms with van der Waals surface area (Å²) in [5.41, 5.74) is 0.179. The minimum Gasteiger partial charge on any atom is -0.476 e. The van der Waals surface area contributed by atoms with Gasteiger partial charge in [0.25, 0.3) is 0 Å². The zero-order valence-electron chi connectivity index (χ0n) is 13.1. The number of carboxylic acids is 1. The lowest BCUT2D eigenvalue weighted by Crippen LogP contribution is -2.34. The SMILES string of the molecule is COC(=O)c1ccsc1N1CCC(Nc2cnc(C(=O)O)cn2)C1=O. The van der Waals surface area contributed by atoms with Gasteiger partial charge in [0.2, 0.25) is 5.91 Å². The smallest absolute Gasteiger partial charge is 0.356 e. The van der Waals surface area contributed by atoms with Crippen LogP contribution in [-0.2, 0) is 9.53 Å². The largest absolute Gasteiger partial charge is 0.476 e. The van der Waals surface area contributed by atoms with E-state index in [-0.39, 0.29) is 11.6 Å². The summed E-state index contributed by atoms with van der Waals surface area (Å²) < 4.78 is 4.73. The average Bonchev–Trinajstić information content (AvgIpc) is 3.22. The number of carboxylic acid groups (broad SMARTS) is 1. The Kier molecular flexibility index (Phi) is 4.61. The molecule has 2 N–H and O–H groups in total. The first kappa shape index (κ1) is 16.8. The molecule has 1 fully saturated rings. The lowest BCUT2D eigenvalue weighted by molar-refractivity contribution is -0.117. The number of carbonyl (C=O) groups excluding carboxylic acids is 2. The van der Waals surface area contributed by atoms with Crippen molar-refractivity contribution in [3.8, 4) is 0 Å². The highest BCUT2D eigenvalue weighted by atomic mass is 32.1. The number of hydrogen-bond acceptors (Lipinski definition) is 8. The quantitative estimate of drug-likeness (QED) is 0.762. The summed E-state index contributed by atoms with van der Waals surface area (Å²) in [5.74, 6) is -1.55. The number of aromatic nitrogens is 2. The Hall–Kier alpha value is -3.01. The van der Waals surface area contributed by atoms with Gasteiger partial charge in [-0.15, -0.1) is 11.3 Å². The lowest BCUT2D eigenvalue weighted by Gasteiger charge is -2.17. The van der Waals surface area contributed by atoms with Crippen LogP contribution in [0.15, 0.2) is 23.8 Å². The van der Waals surface area contributed by atoms with Gasteiger partial charge in [0.15, 0.2) is 5.69 Å². The van der Waals surface area contributed by atoms with Crippen LogP contribution in [0.5, 0.6) is 0 Å². The molecule has 1 unspecified atom stereocenters. The number of rotatable bonds is 5. The molecule has 9 nitrogen and oxygen atoms in total. The molecule has 1 aliphatic rings. The fourth-order valence-corrected chi connectivity index (χ4v) is 3.40. The molecule has 0 aromatic carbocycles. The van der Waals surface area contributed by atoms with Gasteiger partial charge in [-0.2, -0.15) is 0 Å². The number of nitrogens with one attached hydrogen (secondary N) is 1. The van der Waals surface area contributed by atoms with Gasteiger partial charge in [-0.05, 0) is 17.9 Å². The minimum atomic E-state index is -1.17. The Morgan fingerprint density at radius 3 is 2.84 bits per heavy atom. The fraction of sp³-hybridized carbons (Fsp3) is 0.267. The summed E-state index contributed by atoms with van der Waals surface area (Å²) >= 11 is 1.29. The first-order chi connectivity index (χ1) is 12.0. The second-order valence-corrected chi connectivity index (χ2v) is 6.09. The van der Waals surface area contributed by atoms with Gasteiger partial charge in [0.1, 0.15) is 16.9 Å². The van der Waals surface area contributed by atoms with Crippen molar-refractivity contribution in [2.45, 2.75) is 12.5 Å². The van der Waals surface area contributed by atoms with Crippen LogP contribution < -0.4 is 10.2 Å². The molecule has 0 spiro atoms. The van der Waals surface area contributed by atoms with Gasteiger partial charge in [0.05, 0.1) is 25.1 Å². The van der Waals surface area contributed by atoms with Gasteiger partial charge in [-0.1, -0.05) is 0 Å². The molecule has 130 valence electrons. The summed E-state index contributed by atoms with van der Waals surface area (Å²) in [6.07, 6.45) is 2.90. The maximum Gasteiger partial charge on any atom is 0.356 e. The molecular weight excluding hydrogens is 348 g/mol. The molecule has 0 saturated carbocycles. The minimum absolute atomic E-state index is 0.175. The number of nitrogens with zero attached hydrogens (tertiary/aromatic N) is 3. The van der Waals surface area contributed by atoms with E-state index < -0.39 is 18.0 Å². The molecular formula is C15H14N4O5S. The van der Waals surface area contributed by atoms with Gasteiger partial charge < -0.3 is 20.1 Å². The Labute approximate surface area is 146 Å². The van der Waals surface area contributed by atoms with Gasteiger partial charge in [0, 0.05) is 6.54 Å². The Bertz CT molecular complexity index is 820. The van der Waals surface area contributed by atoms with Crippen LogP contribution in [-0.4, -0.2) is 52.6 Å². The van der Waals surface area contributed by atoms with E-state index in [0.717, 1.165) is 6.20 Å². The Morgan fingerprint density at radius 1 is 1.40 bits per heavy atom. The summed E-state index contributed by atoms with van der Waals surface area (Å²) in [6.45, 7) is 0.446. The van der Waals surface area contributed by atoms with Crippen molar-refractivity contribution in [1.82, 2.24) is 9.97 Å². The third-order valence-corrected chi connectivity index (χ3v) is 4.63. The van der Waals surface area contributed by atoms with Crippen LogP contribution in [0.2, 0.25) is 0 Å². The number of methoxy groups -OCH3 is 1. The second kappa shape index (κ2) is 6.85. The van der Waals surface area contributed by atoms with E-state index >= 15 is 0 Å². The van der Waals surface area contributed by atoms with Crippen molar-refractivity contribution in [2.24, 2.45) is 0 Å². The van der Waals surface area contributed by atoms with Gasteiger partial charge >= 0.3 is 11.9 Å². The zero-order valence-corrected chi connectivity index (χ0v) is 13.9. The summed E-state index contributed by atoms with van der Waals surface area (Å²) in [6, 6.07) is 1.09. The lowest BCUT2D eigenvalue weighted by atomic mass is 10.2. The third-order valence-electron chi connectivity index (χ3n) is 3.69. The average molecular weight is 362 g/mol. The highest BCUT2D eigenvalue weighted by Gasteiger charge is 2.35. The Balaban J connectivity index is 1.73. The standard InChI is InChI=1S/C15H14N4O5S/c1-24-15(23)8-3-5-25-13(8)19-4-2-9(12(19)20)18-11-7-16-10(6-17-11)14(21)22/h3,5-7,9H,2,4H2,1H3,(H,17,18)(H,21,22). The van der Waals surface area contributed by atoms with E-state index in [1.54, 1.807) is 11.4 Å². The molecule has 1 saturated heterocycles. The van der Waals surface area contributed by atoms with E-state index in [2.05, 4.69) is 15.3 Å². The first-order valence-corrected chi connectivity index (χ1v) is 8.18. The van der Waals surface area contributed by atoms with E-state index in [9.17, 15) is 14.4 Å². The second-order valence-electron chi connectivity index (χ2n) is 5.20. The first-order valence-electron chi connectivity index (χ1n) is 7.30. The molecule has 10 heteroatoms. The van der Waals surface area contributed by atoms with Crippen molar-refractivity contribution in [3.05, 3.63) is 35.1 Å². The predicted octanol–water partition coefficient (Wildman–Crippen LogP) is 1.24.